The average Bonchev–Trinajstić information content (AvgIpc) is 3.65. The van der Waals surface area contributed by atoms with Gasteiger partial charge in [0.25, 0.3) is 11.1 Å². The molecule has 9 aromatic rings. The van der Waals surface area contributed by atoms with E-state index in [1.165, 1.54) is 4.57 Å². The first-order valence-corrected chi connectivity index (χ1v) is 14.6. The fourth-order valence-electron chi connectivity index (χ4n) is 6.35. The summed E-state index contributed by atoms with van der Waals surface area (Å²) in [5.74, 6) is 0.469. The molecule has 0 saturated carbocycles. The second-order valence-corrected chi connectivity index (χ2v) is 11.0. The van der Waals surface area contributed by atoms with Gasteiger partial charge in [-0.1, -0.05) is 48.5 Å². The molecular weight excluding hydrogens is 560 g/mol. The molecule has 7 heteroatoms. The quantitative estimate of drug-likeness (QED) is 0.212. The number of hydrogen-bond donors (Lipinski definition) is 0. The van der Waals surface area contributed by atoms with E-state index >= 15 is 0 Å². The molecule has 0 fully saturated rings. The SMILES string of the molecule is O=c1c2ccccc2c2cc3c(cc2c(=O)n1-c1ccc(-c2nc4ccccc4o2)cc1)c1ncccc1n3-c1ccccc1. The zero-order chi connectivity index (χ0) is 30.1. The Hall–Kier alpha value is -6.34. The van der Waals surface area contributed by atoms with Crippen LogP contribution in [-0.4, -0.2) is 19.1 Å². The van der Waals surface area contributed by atoms with E-state index in [2.05, 4.69) is 9.55 Å². The van der Waals surface area contributed by atoms with Crippen molar-refractivity contribution in [3.63, 3.8) is 0 Å². The maximum absolute atomic E-state index is 14.5. The lowest BCUT2D eigenvalue weighted by Crippen LogP contribution is -2.28. The summed E-state index contributed by atoms with van der Waals surface area (Å²) in [4.78, 5) is 38.0. The van der Waals surface area contributed by atoms with Gasteiger partial charge in [0.15, 0.2) is 5.58 Å². The van der Waals surface area contributed by atoms with Gasteiger partial charge in [0.2, 0.25) is 5.89 Å². The van der Waals surface area contributed by atoms with Crippen LogP contribution in [0.2, 0.25) is 0 Å². The number of para-hydroxylation sites is 3. The van der Waals surface area contributed by atoms with Gasteiger partial charge < -0.3 is 8.98 Å². The molecule has 0 radical (unpaired) electrons. The third-order valence-corrected chi connectivity index (χ3v) is 8.42. The maximum atomic E-state index is 14.5. The minimum Gasteiger partial charge on any atom is -0.436 e. The number of hydrogen-bond acceptors (Lipinski definition) is 5. The highest BCUT2D eigenvalue weighted by Gasteiger charge is 2.19. The first-order chi connectivity index (χ1) is 22.2. The fourth-order valence-corrected chi connectivity index (χ4v) is 6.35. The van der Waals surface area contributed by atoms with Gasteiger partial charge in [-0.15, -0.1) is 0 Å². The van der Waals surface area contributed by atoms with Crippen molar-refractivity contribution in [2.75, 3.05) is 0 Å². The van der Waals surface area contributed by atoms with Crippen LogP contribution >= 0.6 is 0 Å². The van der Waals surface area contributed by atoms with Gasteiger partial charge in [-0.05, 0) is 89.6 Å². The number of nitrogens with zero attached hydrogens (tertiary/aromatic N) is 4. The summed E-state index contributed by atoms with van der Waals surface area (Å²) in [7, 11) is 0. The van der Waals surface area contributed by atoms with E-state index in [-0.39, 0.29) is 5.56 Å². The summed E-state index contributed by atoms with van der Waals surface area (Å²) < 4.78 is 9.35. The Balaban J connectivity index is 1.35. The van der Waals surface area contributed by atoms with Crippen LogP contribution in [0.4, 0.5) is 0 Å². The van der Waals surface area contributed by atoms with E-state index < -0.39 is 5.56 Å². The zero-order valence-electron chi connectivity index (χ0n) is 23.7. The van der Waals surface area contributed by atoms with Crippen molar-refractivity contribution in [1.82, 2.24) is 19.1 Å². The average molecular weight is 583 g/mol. The molecular formula is C38H22N4O3. The van der Waals surface area contributed by atoms with Crippen LogP contribution in [-0.2, 0) is 0 Å². The molecule has 0 aliphatic carbocycles. The summed E-state index contributed by atoms with van der Waals surface area (Å²) >= 11 is 0. The molecule has 0 aliphatic heterocycles. The number of oxazole rings is 1. The second kappa shape index (κ2) is 9.59. The van der Waals surface area contributed by atoms with Gasteiger partial charge in [0.1, 0.15) is 5.52 Å². The molecule has 0 aliphatic rings. The number of aromatic nitrogens is 4. The van der Waals surface area contributed by atoms with Gasteiger partial charge in [-0.3, -0.25) is 14.6 Å². The minimum atomic E-state index is -0.403. The van der Waals surface area contributed by atoms with Crippen LogP contribution in [0, 0.1) is 0 Å². The van der Waals surface area contributed by atoms with Crippen LogP contribution in [0.15, 0.2) is 148 Å². The first-order valence-electron chi connectivity index (χ1n) is 14.6. The lowest BCUT2D eigenvalue weighted by molar-refractivity contribution is 0.620. The molecule has 4 heterocycles. The van der Waals surface area contributed by atoms with E-state index in [9.17, 15) is 9.59 Å². The molecule has 0 saturated heterocycles. The summed E-state index contributed by atoms with van der Waals surface area (Å²) in [6, 6.07) is 40.0. The largest absolute Gasteiger partial charge is 0.436 e. The molecule has 0 amide bonds. The topological polar surface area (TPSA) is 82.9 Å². The van der Waals surface area contributed by atoms with Crippen molar-refractivity contribution in [2.45, 2.75) is 0 Å². The molecule has 9 rings (SSSR count). The highest BCUT2D eigenvalue weighted by atomic mass is 16.3. The van der Waals surface area contributed by atoms with E-state index in [1.54, 1.807) is 24.4 Å². The monoisotopic (exact) mass is 582 g/mol. The van der Waals surface area contributed by atoms with Crippen molar-refractivity contribution in [1.29, 1.82) is 0 Å². The molecule has 0 unspecified atom stereocenters. The predicted octanol–water partition coefficient (Wildman–Crippen LogP) is 7.80. The molecule has 0 atom stereocenters. The van der Waals surface area contributed by atoms with Crippen LogP contribution in [0.25, 0.3) is 77.4 Å². The molecule has 0 N–H and O–H groups in total. The Morgan fingerprint density at radius 1 is 0.533 bits per heavy atom. The number of pyridine rings is 1. The van der Waals surface area contributed by atoms with Gasteiger partial charge >= 0.3 is 0 Å². The van der Waals surface area contributed by atoms with Crippen molar-refractivity contribution in [2.24, 2.45) is 0 Å². The second-order valence-electron chi connectivity index (χ2n) is 11.0. The lowest BCUT2D eigenvalue weighted by atomic mass is 10.0. The smallest absolute Gasteiger partial charge is 0.265 e. The number of fused-ring (bicyclic) bond motifs is 7. The predicted molar refractivity (Wildman–Crippen MR) is 178 cm³/mol. The highest BCUT2D eigenvalue weighted by molar-refractivity contribution is 6.16. The van der Waals surface area contributed by atoms with Crippen molar-refractivity contribution in [3.8, 4) is 22.8 Å². The van der Waals surface area contributed by atoms with E-state index in [1.807, 2.05) is 109 Å². The Morgan fingerprint density at radius 3 is 2.07 bits per heavy atom. The van der Waals surface area contributed by atoms with Crippen molar-refractivity contribution in [3.05, 3.63) is 154 Å². The van der Waals surface area contributed by atoms with E-state index in [0.717, 1.165) is 38.7 Å². The Bertz CT molecular complexity index is 2710. The van der Waals surface area contributed by atoms with E-state index in [4.69, 9.17) is 9.40 Å². The third kappa shape index (κ3) is 3.77. The summed E-state index contributed by atoms with van der Waals surface area (Å²) in [6.07, 6.45) is 1.76. The van der Waals surface area contributed by atoms with Crippen molar-refractivity contribution >= 4 is 54.6 Å². The third-order valence-electron chi connectivity index (χ3n) is 8.42. The lowest BCUT2D eigenvalue weighted by Gasteiger charge is -2.07. The molecule has 5 aromatic carbocycles. The fraction of sp³-hybridized carbons (Fsp3) is 0. The van der Waals surface area contributed by atoms with Gasteiger partial charge in [-0.25, -0.2) is 9.55 Å². The summed E-state index contributed by atoms with van der Waals surface area (Å²) in [6.45, 7) is 0. The molecule has 4 aromatic heterocycles. The summed E-state index contributed by atoms with van der Waals surface area (Å²) in [5.41, 5.74) is 5.46. The summed E-state index contributed by atoms with van der Waals surface area (Å²) in [5, 5.41) is 3.12. The standard InChI is InChI=1S/C38H22N4O3/c43-37-27-12-5-4-11-26(27)28-22-33-30(35-32(14-8-20-39-35)41(33)24-9-2-1-3-10-24)21-29(28)38(44)42(37)25-18-16-23(17-19-25)36-40-31-13-6-7-15-34(31)45-36/h1-22H. The molecule has 45 heavy (non-hydrogen) atoms. The van der Waals surface area contributed by atoms with Gasteiger partial charge in [0.05, 0.1) is 22.2 Å². The van der Waals surface area contributed by atoms with Crippen molar-refractivity contribution < 1.29 is 4.42 Å². The molecule has 212 valence electrons. The maximum Gasteiger partial charge on any atom is 0.265 e. The van der Waals surface area contributed by atoms with Crippen LogP contribution in [0.5, 0.6) is 0 Å². The van der Waals surface area contributed by atoms with Gasteiger partial charge in [0, 0.05) is 33.6 Å². The molecule has 0 spiro atoms. The Labute approximate surface area is 254 Å². The number of benzene rings is 5. The zero-order valence-corrected chi connectivity index (χ0v) is 23.7. The first kappa shape index (κ1) is 25.2. The van der Waals surface area contributed by atoms with E-state index in [0.29, 0.717) is 38.7 Å². The van der Waals surface area contributed by atoms with Crippen LogP contribution < -0.4 is 11.1 Å². The number of rotatable bonds is 3. The Morgan fingerprint density at radius 2 is 1.24 bits per heavy atom. The highest BCUT2D eigenvalue weighted by Crippen LogP contribution is 2.34. The minimum absolute atomic E-state index is 0.389. The van der Waals surface area contributed by atoms with Crippen LogP contribution in [0.1, 0.15) is 0 Å². The molecule has 7 nitrogen and oxygen atoms in total. The van der Waals surface area contributed by atoms with Gasteiger partial charge in [-0.2, -0.15) is 0 Å². The normalized spacial score (nSPS) is 11.7. The molecule has 0 bridgehead atoms. The Kier molecular flexibility index (Phi) is 5.37. The van der Waals surface area contributed by atoms with Crippen LogP contribution in [0.3, 0.4) is 0 Å².